The van der Waals surface area contributed by atoms with Gasteiger partial charge in [-0.3, -0.25) is 4.79 Å². The molecule has 0 aliphatic heterocycles. The number of aromatic hydroxyl groups is 1. The second-order valence-electron chi connectivity index (χ2n) is 7.95. The number of phenols is 1. The molecule has 7 nitrogen and oxygen atoms in total. The normalized spacial score (nSPS) is 10.5. The summed E-state index contributed by atoms with van der Waals surface area (Å²) >= 11 is 0. The molecule has 0 spiro atoms. The average Bonchev–Trinajstić information content (AvgIpc) is 2.84. The highest BCUT2D eigenvalue weighted by Gasteiger charge is 2.15. The van der Waals surface area contributed by atoms with Crippen LogP contribution in [0.25, 0.3) is 11.1 Å². The van der Waals surface area contributed by atoms with Crippen molar-refractivity contribution in [1.29, 1.82) is 0 Å². The van der Waals surface area contributed by atoms with Gasteiger partial charge in [-0.05, 0) is 52.9 Å². The number of hydrogen-bond donors (Lipinski definition) is 2. The number of unbranched alkanes of at least 4 members (excludes halogenated alkanes) is 1. The van der Waals surface area contributed by atoms with Gasteiger partial charge in [0.15, 0.2) is 11.5 Å². The first-order chi connectivity index (χ1) is 16.4. The SMILES string of the molecule is CCCCC(=O)N(Cc1ccc(OC)cc1)Cc1ccc(-c2ccc(O)c(OC(=O)O)c2)cc1. The van der Waals surface area contributed by atoms with Gasteiger partial charge in [-0.15, -0.1) is 0 Å². The summed E-state index contributed by atoms with van der Waals surface area (Å²) < 4.78 is 9.85. The van der Waals surface area contributed by atoms with Crippen LogP contribution in [0.1, 0.15) is 37.3 Å². The van der Waals surface area contributed by atoms with Crippen molar-refractivity contribution < 1.29 is 29.3 Å². The van der Waals surface area contributed by atoms with E-state index in [9.17, 15) is 14.7 Å². The van der Waals surface area contributed by atoms with Crippen LogP contribution in [0.4, 0.5) is 4.79 Å². The largest absolute Gasteiger partial charge is 0.511 e. The van der Waals surface area contributed by atoms with Crippen molar-refractivity contribution in [2.45, 2.75) is 39.3 Å². The van der Waals surface area contributed by atoms with E-state index < -0.39 is 6.16 Å². The minimum atomic E-state index is -1.49. The van der Waals surface area contributed by atoms with E-state index in [1.54, 1.807) is 13.2 Å². The molecule has 7 heteroatoms. The lowest BCUT2D eigenvalue weighted by Gasteiger charge is -2.23. The molecule has 3 rings (SSSR count). The number of nitrogens with zero attached hydrogens (tertiary/aromatic N) is 1. The molecule has 3 aromatic carbocycles. The minimum Gasteiger partial charge on any atom is -0.504 e. The van der Waals surface area contributed by atoms with E-state index >= 15 is 0 Å². The molecule has 0 aliphatic carbocycles. The van der Waals surface area contributed by atoms with Gasteiger partial charge < -0.3 is 24.6 Å². The summed E-state index contributed by atoms with van der Waals surface area (Å²) in [6.07, 6.45) is 0.813. The molecule has 0 fully saturated rings. The maximum atomic E-state index is 12.9. The quantitative estimate of drug-likeness (QED) is 0.289. The minimum absolute atomic E-state index is 0.107. The van der Waals surface area contributed by atoms with Gasteiger partial charge in [0.2, 0.25) is 5.91 Å². The number of carbonyl (C=O) groups excluding carboxylic acids is 1. The first-order valence-corrected chi connectivity index (χ1v) is 11.1. The number of carbonyl (C=O) groups is 2. The van der Waals surface area contributed by atoms with E-state index in [1.165, 1.54) is 12.1 Å². The Kier molecular flexibility index (Phi) is 8.51. The fourth-order valence-corrected chi connectivity index (χ4v) is 3.56. The Morgan fingerprint density at radius 1 is 0.882 bits per heavy atom. The van der Waals surface area contributed by atoms with Crippen LogP contribution in [0.15, 0.2) is 66.7 Å². The molecule has 1 amide bonds. The first-order valence-electron chi connectivity index (χ1n) is 11.1. The highest BCUT2D eigenvalue weighted by Crippen LogP contribution is 2.32. The second kappa shape index (κ2) is 11.7. The smallest absolute Gasteiger partial charge is 0.504 e. The van der Waals surface area contributed by atoms with Crippen LogP contribution in [0.5, 0.6) is 17.2 Å². The molecule has 0 aliphatic rings. The zero-order chi connectivity index (χ0) is 24.5. The monoisotopic (exact) mass is 463 g/mol. The highest BCUT2D eigenvalue weighted by atomic mass is 16.7. The Bertz CT molecular complexity index is 1110. The van der Waals surface area contributed by atoms with Gasteiger partial charge in [0.25, 0.3) is 0 Å². The average molecular weight is 464 g/mol. The van der Waals surface area contributed by atoms with E-state index in [1.807, 2.05) is 53.4 Å². The second-order valence-corrected chi connectivity index (χ2v) is 7.95. The Morgan fingerprint density at radius 2 is 1.47 bits per heavy atom. The first kappa shape index (κ1) is 24.6. The molecule has 0 unspecified atom stereocenters. The van der Waals surface area contributed by atoms with Gasteiger partial charge in [-0.25, -0.2) is 4.79 Å². The van der Waals surface area contributed by atoms with Crippen LogP contribution in [0, 0.1) is 0 Å². The molecule has 2 N–H and O–H groups in total. The van der Waals surface area contributed by atoms with Crippen LogP contribution < -0.4 is 9.47 Å². The standard InChI is InChI=1S/C27H29NO6/c1-3-4-5-26(30)28(18-20-8-13-23(33-2)14-9-20)17-19-6-10-21(11-7-19)22-12-15-24(29)25(16-22)34-27(31)32/h6-16,29H,3-5,17-18H2,1-2H3,(H,31,32). The van der Waals surface area contributed by atoms with E-state index in [2.05, 4.69) is 11.7 Å². The molecular weight excluding hydrogens is 434 g/mol. The van der Waals surface area contributed by atoms with Crippen molar-refractivity contribution in [3.63, 3.8) is 0 Å². The maximum absolute atomic E-state index is 12.9. The zero-order valence-electron chi connectivity index (χ0n) is 19.4. The van der Waals surface area contributed by atoms with Crippen molar-refractivity contribution in [2.75, 3.05) is 7.11 Å². The Hall–Kier alpha value is -4.00. The van der Waals surface area contributed by atoms with Crippen LogP contribution in [0.3, 0.4) is 0 Å². The predicted molar refractivity (Wildman–Crippen MR) is 129 cm³/mol. The molecule has 3 aromatic rings. The Labute approximate surface area is 199 Å². The number of carboxylic acid groups (broad SMARTS) is 1. The number of benzene rings is 3. The van der Waals surface area contributed by atoms with Gasteiger partial charge in [-0.2, -0.15) is 0 Å². The third-order valence-corrected chi connectivity index (χ3v) is 5.45. The van der Waals surface area contributed by atoms with Crippen LogP contribution >= 0.6 is 0 Å². The van der Waals surface area contributed by atoms with Gasteiger partial charge in [0, 0.05) is 19.5 Å². The van der Waals surface area contributed by atoms with Crippen LogP contribution in [-0.2, 0) is 17.9 Å². The molecular formula is C27H29NO6. The predicted octanol–water partition coefficient (Wildman–Crippen LogP) is 5.84. The number of methoxy groups -OCH3 is 1. The van der Waals surface area contributed by atoms with Crippen molar-refractivity contribution in [2.24, 2.45) is 0 Å². The van der Waals surface area contributed by atoms with Crippen molar-refractivity contribution in [3.8, 4) is 28.4 Å². The summed E-state index contributed by atoms with van der Waals surface area (Å²) in [7, 11) is 1.62. The van der Waals surface area contributed by atoms with Gasteiger partial charge >= 0.3 is 6.16 Å². The molecule has 0 radical (unpaired) electrons. The molecule has 0 heterocycles. The van der Waals surface area contributed by atoms with Crippen LogP contribution in [-0.4, -0.2) is 34.3 Å². The fraction of sp³-hybridized carbons (Fsp3) is 0.259. The van der Waals surface area contributed by atoms with E-state index in [0.717, 1.165) is 35.3 Å². The number of phenolic OH excluding ortho intramolecular Hbond substituents is 1. The van der Waals surface area contributed by atoms with Gasteiger partial charge in [0.05, 0.1) is 7.11 Å². The summed E-state index contributed by atoms with van der Waals surface area (Å²) in [5.74, 6) is 0.508. The van der Waals surface area contributed by atoms with Crippen molar-refractivity contribution in [1.82, 2.24) is 4.90 Å². The topological polar surface area (TPSA) is 96.3 Å². The highest BCUT2D eigenvalue weighted by molar-refractivity contribution is 5.76. The fourth-order valence-electron chi connectivity index (χ4n) is 3.56. The summed E-state index contributed by atoms with van der Waals surface area (Å²) in [5.41, 5.74) is 3.54. The lowest BCUT2D eigenvalue weighted by molar-refractivity contribution is -0.132. The lowest BCUT2D eigenvalue weighted by atomic mass is 10.0. The number of hydrogen-bond acceptors (Lipinski definition) is 5. The van der Waals surface area contributed by atoms with Crippen molar-refractivity contribution in [3.05, 3.63) is 77.9 Å². The van der Waals surface area contributed by atoms with Crippen molar-refractivity contribution >= 4 is 12.1 Å². The van der Waals surface area contributed by atoms with Crippen LogP contribution in [0.2, 0.25) is 0 Å². The zero-order valence-corrected chi connectivity index (χ0v) is 19.4. The Morgan fingerprint density at radius 3 is 2.03 bits per heavy atom. The third kappa shape index (κ3) is 6.75. The molecule has 0 saturated heterocycles. The molecule has 178 valence electrons. The van der Waals surface area contributed by atoms with E-state index in [0.29, 0.717) is 25.1 Å². The molecule has 34 heavy (non-hydrogen) atoms. The molecule has 0 atom stereocenters. The third-order valence-electron chi connectivity index (χ3n) is 5.45. The molecule has 0 bridgehead atoms. The maximum Gasteiger partial charge on any atom is 0.511 e. The summed E-state index contributed by atoms with van der Waals surface area (Å²) in [6, 6.07) is 19.9. The van der Waals surface area contributed by atoms with E-state index in [4.69, 9.17) is 9.84 Å². The summed E-state index contributed by atoms with van der Waals surface area (Å²) in [6.45, 7) is 3.04. The summed E-state index contributed by atoms with van der Waals surface area (Å²) in [4.78, 5) is 25.6. The molecule has 0 aromatic heterocycles. The molecule has 0 saturated carbocycles. The van der Waals surface area contributed by atoms with Gasteiger partial charge in [0.1, 0.15) is 5.75 Å². The Balaban J connectivity index is 1.77. The van der Waals surface area contributed by atoms with E-state index in [-0.39, 0.29) is 17.4 Å². The number of ether oxygens (including phenoxy) is 2. The number of amides is 1. The van der Waals surface area contributed by atoms with Gasteiger partial charge in [-0.1, -0.05) is 55.8 Å². The number of rotatable bonds is 10. The lowest BCUT2D eigenvalue weighted by Crippen LogP contribution is -2.29. The summed E-state index contributed by atoms with van der Waals surface area (Å²) in [5, 5.41) is 18.6.